The number of nitrogens with one attached hydrogen (secondary N) is 1. The third kappa shape index (κ3) is 7.85. The summed E-state index contributed by atoms with van der Waals surface area (Å²) >= 11 is 0. The van der Waals surface area contributed by atoms with Crippen molar-refractivity contribution in [1.82, 2.24) is 10.2 Å². The molecule has 230 valence electrons. The maximum absolute atomic E-state index is 14.5. The molecule has 0 radical (unpaired) electrons. The third-order valence-electron chi connectivity index (χ3n) is 7.31. The van der Waals surface area contributed by atoms with Crippen molar-refractivity contribution in [3.8, 4) is 5.75 Å². The van der Waals surface area contributed by atoms with E-state index in [9.17, 15) is 18.0 Å². The average Bonchev–Trinajstić information content (AvgIpc) is 3.03. The van der Waals surface area contributed by atoms with E-state index in [1.165, 1.54) is 24.1 Å². The van der Waals surface area contributed by atoms with Crippen LogP contribution in [0.15, 0.2) is 108 Å². The van der Waals surface area contributed by atoms with E-state index in [0.717, 1.165) is 26.6 Å². The molecule has 0 bridgehead atoms. The van der Waals surface area contributed by atoms with Crippen molar-refractivity contribution in [2.75, 3.05) is 24.5 Å². The molecular weight excluding hydrogens is 574 g/mol. The topological polar surface area (TPSA) is 96.0 Å². The lowest BCUT2D eigenvalue weighted by molar-refractivity contribution is -0.140. The standard InChI is InChI=1S/C35H39N3O5S/c1-5-36-35(40)32(23-28-12-8-6-9-13-28)37(24-29-19-16-26(2)17-20-29)34(39)25-38(31-22-27(3)18-21-33(31)43-4)44(41,42)30-14-10-7-11-15-30/h6-22,32H,5,23-25H2,1-4H3,(H,36,40). The molecule has 1 N–H and O–H groups in total. The molecule has 2 amide bonds. The van der Waals surface area contributed by atoms with Gasteiger partial charge in [-0.1, -0.05) is 84.4 Å². The summed E-state index contributed by atoms with van der Waals surface area (Å²) in [5.41, 5.74) is 3.78. The van der Waals surface area contributed by atoms with Crippen LogP contribution in [0.2, 0.25) is 0 Å². The number of carbonyl (C=O) groups excluding carboxylic acids is 2. The fourth-order valence-corrected chi connectivity index (χ4v) is 6.40. The second-order valence-corrected chi connectivity index (χ2v) is 12.5. The van der Waals surface area contributed by atoms with E-state index in [2.05, 4.69) is 5.32 Å². The number of anilines is 1. The first kappa shape index (κ1) is 32.3. The van der Waals surface area contributed by atoms with E-state index in [0.29, 0.717) is 12.3 Å². The number of hydrogen-bond acceptors (Lipinski definition) is 5. The smallest absolute Gasteiger partial charge is 0.264 e. The molecule has 1 unspecified atom stereocenters. The molecule has 0 fully saturated rings. The fraction of sp³-hybridized carbons (Fsp3) is 0.257. The predicted octanol–water partition coefficient (Wildman–Crippen LogP) is 5.28. The molecular formula is C35H39N3O5S. The SMILES string of the molecule is CCNC(=O)C(Cc1ccccc1)N(Cc1ccc(C)cc1)C(=O)CN(c1cc(C)ccc1OC)S(=O)(=O)c1ccccc1. The normalized spacial score (nSPS) is 11.8. The van der Waals surface area contributed by atoms with Crippen molar-refractivity contribution < 1.29 is 22.7 Å². The molecule has 1 atom stereocenters. The zero-order chi connectivity index (χ0) is 31.7. The number of likely N-dealkylation sites (N-methyl/N-ethyl adjacent to an activating group) is 1. The van der Waals surface area contributed by atoms with Gasteiger partial charge in [0.1, 0.15) is 18.3 Å². The van der Waals surface area contributed by atoms with Gasteiger partial charge >= 0.3 is 0 Å². The molecule has 9 heteroatoms. The van der Waals surface area contributed by atoms with Crippen LogP contribution in [0.3, 0.4) is 0 Å². The second kappa shape index (κ2) is 14.7. The van der Waals surface area contributed by atoms with Gasteiger partial charge in [0, 0.05) is 19.5 Å². The van der Waals surface area contributed by atoms with Crippen LogP contribution >= 0.6 is 0 Å². The van der Waals surface area contributed by atoms with Crippen molar-refractivity contribution in [2.24, 2.45) is 0 Å². The third-order valence-corrected chi connectivity index (χ3v) is 9.08. The molecule has 4 aromatic rings. The van der Waals surface area contributed by atoms with E-state index in [4.69, 9.17) is 4.74 Å². The minimum Gasteiger partial charge on any atom is -0.495 e. The number of carbonyl (C=O) groups is 2. The zero-order valence-corrected chi connectivity index (χ0v) is 26.4. The van der Waals surface area contributed by atoms with Crippen LogP contribution in [0, 0.1) is 13.8 Å². The second-order valence-electron chi connectivity index (χ2n) is 10.6. The molecule has 4 rings (SSSR count). The molecule has 8 nitrogen and oxygen atoms in total. The Morgan fingerprint density at radius 2 is 1.43 bits per heavy atom. The van der Waals surface area contributed by atoms with Crippen molar-refractivity contribution in [3.63, 3.8) is 0 Å². The van der Waals surface area contributed by atoms with Gasteiger partial charge in [-0.15, -0.1) is 0 Å². The number of nitrogens with zero attached hydrogens (tertiary/aromatic N) is 2. The summed E-state index contributed by atoms with van der Waals surface area (Å²) in [7, 11) is -2.76. The highest BCUT2D eigenvalue weighted by molar-refractivity contribution is 7.92. The lowest BCUT2D eigenvalue weighted by atomic mass is 10.0. The monoisotopic (exact) mass is 613 g/mol. The molecule has 4 aromatic carbocycles. The van der Waals surface area contributed by atoms with E-state index in [-0.39, 0.29) is 29.5 Å². The number of amides is 2. The minimum absolute atomic E-state index is 0.0333. The van der Waals surface area contributed by atoms with Crippen LogP contribution in [-0.4, -0.2) is 51.4 Å². The van der Waals surface area contributed by atoms with Gasteiger partial charge < -0.3 is 15.0 Å². The largest absolute Gasteiger partial charge is 0.495 e. The molecule has 0 aliphatic carbocycles. The highest BCUT2D eigenvalue weighted by Crippen LogP contribution is 2.34. The fourth-order valence-electron chi connectivity index (χ4n) is 4.96. The molecule has 0 heterocycles. The Labute approximate surface area is 260 Å². The highest BCUT2D eigenvalue weighted by Gasteiger charge is 2.35. The van der Waals surface area contributed by atoms with Crippen LogP contribution in [0.1, 0.15) is 29.2 Å². The van der Waals surface area contributed by atoms with Gasteiger partial charge in [0.05, 0.1) is 17.7 Å². The summed E-state index contributed by atoms with van der Waals surface area (Å²) in [6, 6.07) is 29.4. The van der Waals surface area contributed by atoms with Crippen LogP contribution in [0.25, 0.3) is 0 Å². The van der Waals surface area contributed by atoms with Crippen molar-refractivity contribution in [2.45, 2.75) is 44.7 Å². The van der Waals surface area contributed by atoms with Gasteiger partial charge in [-0.25, -0.2) is 8.42 Å². The summed E-state index contributed by atoms with van der Waals surface area (Å²) in [4.78, 5) is 29.6. The first-order valence-corrected chi connectivity index (χ1v) is 16.0. The number of rotatable bonds is 13. The van der Waals surface area contributed by atoms with Crippen molar-refractivity contribution in [3.05, 3.63) is 125 Å². The first-order valence-electron chi connectivity index (χ1n) is 14.5. The maximum atomic E-state index is 14.5. The molecule has 0 aliphatic heterocycles. The Bertz CT molecular complexity index is 1660. The number of benzene rings is 4. The number of methoxy groups -OCH3 is 1. The lowest BCUT2D eigenvalue weighted by Crippen LogP contribution is -2.53. The van der Waals surface area contributed by atoms with E-state index < -0.39 is 28.5 Å². The zero-order valence-electron chi connectivity index (χ0n) is 25.6. The summed E-state index contributed by atoms with van der Waals surface area (Å²) in [6.45, 7) is 5.58. The Hall–Kier alpha value is -4.63. The number of sulfonamides is 1. The van der Waals surface area contributed by atoms with Crippen molar-refractivity contribution >= 4 is 27.5 Å². The molecule has 0 saturated heterocycles. The highest BCUT2D eigenvalue weighted by atomic mass is 32.2. The molecule has 0 spiro atoms. The lowest BCUT2D eigenvalue weighted by Gasteiger charge is -2.34. The maximum Gasteiger partial charge on any atom is 0.264 e. The molecule has 44 heavy (non-hydrogen) atoms. The molecule has 0 saturated carbocycles. The van der Waals surface area contributed by atoms with Crippen LogP contribution in [0.5, 0.6) is 5.75 Å². The van der Waals surface area contributed by atoms with Crippen molar-refractivity contribution in [1.29, 1.82) is 0 Å². The quantitative estimate of drug-likeness (QED) is 0.221. The van der Waals surface area contributed by atoms with E-state index >= 15 is 0 Å². The van der Waals surface area contributed by atoms with E-state index in [1.54, 1.807) is 30.3 Å². The Morgan fingerprint density at radius 1 is 0.818 bits per heavy atom. The van der Waals surface area contributed by atoms with Gasteiger partial charge in [0.25, 0.3) is 10.0 Å². The average molecular weight is 614 g/mol. The summed E-state index contributed by atoms with van der Waals surface area (Å²) < 4.78 is 35.0. The summed E-state index contributed by atoms with van der Waals surface area (Å²) in [5, 5.41) is 2.88. The summed E-state index contributed by atoms with van der Waals surface area (Å²) in [6.07, 6.45) is 0.253. The number of aryl methyl sites for hydroxylation is 2. The number of hydrogen-bond donors (Lipinski definition) is 1. The minimum atomic E-state index is -4.22. The first-order chi connectivity index (χ1) is 21.1. The number of ether oxygens (including phenoxy) is 1. The van der Waals surface area contributed by atoms with Crippen LogP contribution < -0.4 is 14.4 Å². The Morgan fingerprint density at radius 3 is 2.05 bits per heavy atom. The Balaban J connectivity index is 1.83. The molecule has 0 aromatic heterocycles. The van der Waals surface area contributed by atoms with Gasteiger partial charge in [0.2, 0.25) is 11.8 Å². The van der Waals surface area contributed by atoms with Gasteiger partial charge in [-0.3, -0.25) is 13.9 Å². The van der Waals surface area contributed by atoms with Gasteiger partial charge in [0.15, 0.2) is 0 Å². The van der Waals surface area contributed by atoms with Gasteiger partial charge in [-0.2, -0.15) is 0 Å². The van der Waals surface area contributed by atoms with Gasteiger partial charge in [-0.05, 0) is 61.7 Å². The molecule has 0 aliphatic rings. The van der Waals surface area contributed by atoms with Crippen LogP contribution in [-0.2, 0) is 32.6 Å². The van der Waals surface area contributed by atoms with E-state index in [1.807, 2.05) is 81.4 Å². The summed E-state index contributed by atoms with van der Waals surface area (Å²) in [5.74, 6) is -0.541. The Kier molecular flexibility index (Phi) is 10.8. The van der Waals surface area contributed by atoms with Crippen LogP contribution in [0.4, 0.5) is 5.69 Å². The predicted molar refractivity (Wildman–Crippen MR) is 173 cm³/mol.